The van der Waals surface area contributed by atoms with Crippen molar-refractivity contribution in [2.45, 2.75) is 270 Å². The Morgan fingerprint density at radius 1 is 0.265 bits per heavy atom. The van der Waals surface area contributed by atoms with Crippen LogP contribution in [0.4, 0.5) is 0 Å². The molecular formula is C56H93N7O35. The third-order valence-electron chi connectivity index (χ3n) is 17.3. The van der Waals surface area contributed by atoms with E-state index in [2.05, 4.69) is 37.2 Å². The monoisotopic (exact) mass is 1420 g/mol. The molecular weight excluding hydrogens is 1330 g/mol. The van der Waals surface area contributed by atoms with Crippen molar-refractivity contribution in [2.75, 3.05) is 39.6 Å². The Morgan fingerprint density at radius 3 is 0.867 bits per heavy atom. The molecule has 7 heterocycles. The summed E-state index contributed by atoms with van der Waals surface area (Å²) in [5.74, 6) is -5.41. The second-order valence-corrected chi connectivity index (χ2v) is 24.7. The number of nitrogens with one attached hydrogen (secondary N) is 7. The van der Waals surface area contributed by atoms with E-state index >= 15 is 0 Å². The molecule has 42 heteroatoms. The molecule has 0 aromatic carbocycles. The molecule has 0 aromatic rings. The average Bonchev–Trinajstić information content (AvgIpc) is 0.774. The number of carbonyl (C=O) groups is 7. The van der Waals surface area contributed by atoms with Crippen LogP contribution in [-0.4, -0.2) is 372 Å². The summed E-state index contributed by atoms with van der Waals surface area (Å²) in [6, 6.07) is -11.2. The first-order valence-corrected chi connectivity index (χ1v) is 31.4. The summed E-state index contributed by atoms with van der Waals surface area (Å²) in [5, 5.41) is 185. The van der Waals surface area contributed by atoms with E-state index in [9.17, 15) is 110 Å². The van der Waals surface area contributed by atoms with E-state index in [0.717, 1.165) is 41.5 Å². The minimum Gasteiger partial charge on any atom is -0.394 e. The van der Waals surface area contributed by atoms with E-state index in [-0.39, 0.29) is 0 Å². The van der Waals surface area contributed by atoms with Crippen LogP contribution in [0.5, 0.6) is 0 Å². The first-order valence-electron chi connectivity index (χ1n) is 31.4. The molecule has 1 unspecified atom stereocenters. The van der Waals surface area contributed by atoms with Gasteiger partial charge in [-0.3, -0.25) is 33.6 Å². The molecule has 7 aliphatic rings. The molecule has 7 rings (SSSR count). The number of aliphatic hydroxyl groups excluding tert-OH is 15. The van der Waals surface area contributed by atoms with Crippen LogP contribution in [0.2, 0.25) is 0 Å². The molecule has 7 amide bonds. The lowest BCUT2D eigenvalue weighted by Crippen LogP contribution is -2.72. The summed E-state index contributed by atoms with van der Waals surface area (Å²) in [4.78, 5) is 88.4. The van der Waals surface area contributed by atoms with E-state index in [1.807, 2.05) is 0 Å². The Bertz CT molecular complexity index is 2640. The second kappa shape index (κ2) is 35.4. The van der Waals surface area contributed by atoms with Gasteiger partial charge in [0.15, 0.2) is 44.0 Å². The van der Waals surface area contributed by atoms with Crippen LogP contribution in [0.15, 0.2) is 0 Å². The van der Waals surface area contributed by atoms with Gasteiger partial charge >= 0.3 is 0 Å². The molecule has 35 atom stereocenters. The number of rotatable bonds is 25. The van der Waals surface area contributed by atoms with Crippen molar-refractivity contribution < 1.29 is 172 Å². The van der Waals surface area contributed by atoms with Crippen molar-refractivity contribution in [1.29, 1.82) is 0 Å². The standard InChI is InChI=1S/C56H93N7O35/c1-15-29(57-16(2)70)48(34(50(85)86-15)62-21(7)75)97-54-33(61-20(6)74)41(82)45(26(12-67)91-54)94-52-31(59-18(4)72)40(81)46(27(13-68)89-52)95-55-35(63-22(8)76)49(37(78)24(10-65)88-55)98-56-43(84)42(83)47(28(14-69)92-56)96-53-32(60-19(5)73)39(80)44(25(11-66)90-53)93-51-30(58-17(3)71)38(79)36(77)23(9-64)87-51/h15,23-56,64-69,77-85H,9-14H2,1-8H3,(H,57,70)(H,58,71)(H,59,72)(H,60,73)(H,61,74)(H,62,75)(H,63,76)/t15-,23-,24-,25-,26-,27-,28-,29-,30-,31-,32-,33-,34-,35-,36+,37+,38-,39-,40-,41-,42-,43-,44+,45+,46+,47-,48+,49-,50?,51-,52-,53-,54-,55-,56+/m1/s1. The Balaban J connectivity index is 1.11. The van der Waals surface area contributed by atoms with Gasteiger partial charge < -0.3 is 175 Å². The van der Waals surface area contributed by atoms with Crippen LogP contribution in [0.1, 0.15) is 55.4 Å². The zero-order chi connectivity index (χ0) is 72.6. The predicted molar refractivity (Wildman–Crippen MR) is 312 cm³/mol. The average molecular weight is 1420 g/mol. The van der Waals surface area contributed by atoms with Gasteiger partial charge in [0.2, 0.25) is 41.4 Å². The van der Waals surface area contributed by atoms with Crippen LogP contribution >= 0.6 is 0 Å². The van der Waals surface area contributed by atoms with Gasteiger partial charge in [-0.15, -0.1) is 0 Å². The smallest absolute Gasteiger partial charge is 0.217 e. The van der Waals surface area contributed by atoms with Crippen molar-refractivity contribution in [2.24, 2.45) is 0 Å². The fourth-order valence-electron chi connectivity index (χ4n) is 12.8. The Kier molecular flexibility index (Phi) is 29.0. The maximum absolute atomic E-state index is 13.1. The van der Waals surface area contributed by atoms with Crippen LogP contribution in [-0.2, 0) is 95.1 Å². The fourth-order valence-corrected chi connectivity index (χ4v) is 12.8. The van der Waals surface area contributed by atoms with Gasteiger partial charge in [-0.05, 0) is 6.92 Å². The van der Waals surface area contributed by atoms with Crippen LogP contribution in [0, 0.1) is 0 Å². The highest BCUT2D eigenvalue weighted by Crippen LogP contribution is 2.38. The lowest BCUT2D eigenvalue weighted by atomic mass is 9.92. The maximum Gasteiger partial charge on any atom is 0.217 e. The van der Waals surface area contributed by atoms with Crippen LogP contribution in [0.25, 0.3) is 0 Å². The number of hydrogen-bond acceptors (Lipinski definition) is 35. The third kappa shape index (κ3) is 18.7. The van der Waals surface area contributed by atoms with Gasteiger partial charge in [0.25, 0.3) is 0 Å². The van der Waals surface area contributed by atoms with Crippen LogP contribution in [0.3, 0.4) is 0 Å². The van der Waals surface area contributed by atoms with Crippen molar-refractivity contribution in [3.05, 3.63) is 0 Å². The van der Waals surface area contributed by atoms with Crippen LogP contribution < -0.4 is 37.2 Å². The molecule has 0 aliphatic carbocycles. The third-order valence-corrected chi connectivity index (χ3v) is 17.3. The normalized spacial score (nSPS) is 44.5. The van der Waals surface area contributed by atoms with Crippen molar-refractivity contribution >= 4 is 41.4 Å². The summed E-state index contributed by atoms with van der Waals surface area (Å²) in [6.07, 6.45) is -51.9. The molecule has 0 spiro atoms. The minimum absolute atomic E-state index is 0.598. The SMILES string of the molecule is CC(=O)N[C@H]1[C@@H](O[C@H]2[C@H](NC(C)=O)[C@@H](C)OC(O)[C@@H]2NC(C)=O)O[C@H](CO)[C@H](O[C@H]2O[C@H](CO)[C@H](O[C@H]3O[C@H](CO)[C@H](O)[C@H](O[C@@H]4O[C@H](CO)[C@@H](O[C@H]5O[C@H](CO)[C@H](O[C@H]6O[C@H](CO)[C@H](O)[C@H](O)[C@H]6NC(C)=O)[C@H](O)[C@H]5NC(C)=O)[C@H](O)[C@H]4O)[C@H]3NC(C)=O)[C@H](O)[C@H]2NC(C)=O)[C@@H]1O. The van der Waals surface area contributed by atoms with Gasteiger partial charge in [0.05, 0.1) is 51.8 Å². The number of amides is 7. The molecule has 0 bridgehead atoms. The highest BCUT2D eigenvalue weighted by atomic mass is 16.8. The first kappa shape index (κ1) is 80.5. The van der Waals surface area contributed by atoms with E-state index in [1.54, 1.807) is 0 Å². The molecule has 42 nitrogen and oxygen atoms in total. The molecule has 7 aliphatic heterocycles. The summed E-state index contributed by atoms with van der Waals surface area (Å²) in [7, 11) is 0. The summed E-state index contributed by atoms with van der Waals surface area (Å²) < 4.78 is 78.0. The van der Waals surface area contributed by atoms with E-state index in [1.165, 1.54) is 13.8 Å². The predicted octanol–water partition coefficient (Wildman–Crippen LogP) is -14.2. The van der Waals surface area contributed by atoms with E-state index < -0.39 is 295 Å². The fraction of sp³-hybridized carbons (Fsp3) is 0.875. The first-order chi connectivity index (χ1) is 46.2. The van der Waals surface area contributed by atoms with Gasteiger partial charge in [0, 0.05) is 48.5 Å². The molecule has 7 saturated heterocycles. The molecule has 98 heavy (non-hydrogen) atoms. The summed E-state index contributed by atoms with van der Waals surface area (Å²) >= 11 is 0. The molecule has 0 aromatic heterocycles. The van der Waals surface area contributed by atoms with Gasteiger partial charge in [-0.1, -0.05) is 0 Å². The zero-order valence-corrected chi connectivity index (χ0v) is 54.3. The summed E-state index contributed by atoms with van der Waals surface area (Å²) in [6.45, 7) is 2.72. The topological polar surface area (TPSA) is 627 Å². The van der Waals surface area contributed by atoms with E-state index in [0.29, 0.717) is 0 Å². The molecule has 562 valence electrons. The Labute approximate surface area is 558 Å². The molecule has 0 radical (unpaired) electrons. The minimum atomic E-state index is -2.31. The lowest BCUT2D eigenvalue weighted by Gasteiger charge is -2.52. The molecule has 0 saturated carbocycles. The quantitative estimate of drug-likeness (QED) is 0.0404. The molecule has 22 N–H and O–H groups in total. The zero-order valence-electron chi connectivity index (χ0n) is 54.3. The number of carbonyl (C=O) groups excluding carboxylic acids is 7. The van der Waals surface area contributed by atoms with Gasteiger partial charge in [-0.2, -0.15) is 0 Å². The number of ether oxygens (including phenoxy) is 13. The van der Waals surface area contributed by atoms with Crippen molar-refractivity contribution in [1.82, 2.24) is 37.2 Å². The van der Waals surface area contributed by atoms with E-state index in [4.69, 9.17) is 61.6 Å². The molecule has 7 fully saturated rings. The van der Waals surface area contributed by atoms with Gasteiger partial charge in [0.1, 0.15) is 158 Å². The summed E-state index contributed by atoms with van der Waals surface area (Å²) in [5.41, 5.74) is 0. The van der Waals surface area contributed by atoms with Crippen molar-refractivity contribution in [3.63, 3.8) is 0 Å². The Hall–Kier alpha value is -4.83. The second-order valence-electron chi connectivity index (χ2n) is 24.7. The van der Waals surface area contributed by atoms with Gasteiger partial charge in [-0.25, -0.2) is 0 Å². The highest BCUT2D eigenvalue weighted by molar-refractivity contribution is 5.76. The Morgan fingerprint density at radius 2 is 0.520 bits per heavy atom. The lowest BCUT2D eigenvalue weighted by molar-refractivity contribution is -0.378. The van der Waals surface area contributed by atoms with Crippen molar-refractivity contribution in [3.8, 4) is 0 Å². The largest absolute Gasteiger partial charge is 0.394 e. The maximum atomic E-state index is 13.1. The number of hydrogen-bond donors (Lipinski definition) is 22. The number of aliphatic hydroxyl groups is 15. The highest BCUT2D eigenvalue weighted by Gasteiger charge is 2.60.